The number of nitrogens with one attached hydrogen (secondary N) is 1. The van der Waals surface area contributed by atoms with Crippen molar-refractivity contribution in [2.75, 3.05) is 26.3 Å². The highest BCUT2D eigenvalue weighted by atomic mass is 32.2. The Morgan fingerprint density at radius 1 is 1.43 bits per heavy atom. The van der Waals surface area contributed by atoms with Crippen molar-refractivity contribution in [2.45, 2.75) is 19.4 Å². The fourth-order valence-electron chi connectivity index (χ4n) is 1.69. The van der Waals surface area contributed by atoms with Crippen molar-refractivity contribution >= 4 is 10.0 Å². The van der Waals surface area contributed by atoms with Crippen LogP contribution in [0.1, 0.15) is 24.9 Å². The van der Waals surface area contributed by atoms with E-state index in [4.69, 9.17) is 4.74 Å². The van der Waals surface area contributed by atoms with Gasteiger partial charge in [-0.25, -0.2) is 17.5 Å². The highest BCUT2D eigenvalue weighted by Gasteiger charge is 2.16. The quantitative estimate of drug-likeness (QED) is 0.532. The van der Waals surface area contributed by atoms with Crippen LogP contribution in [0.5, 0.6) is 5.75 Å². The molecule has 0 spiro atoms. The van der Waals surface area contributed by atoms with Crippen LogP contribution in [0, 0.1) is 5.82 Å². The molecule has 0 bridgehead atoms. The lowest BCUT2D eigenvalue weighted by Crippen LogP contribution is -2.29. The molecule has 0 aliphatic rings. The molecule has 8 heteroatoms. The van der Waals surface area contributed by atoms with E-state index in [1.54, 1.807) is 6.92 Å². The summed E-state index contributed by atoms with van der Waals surface area (Å²) < 4.78 is 48.8. The van der Waals surface area contributed by atoms with Crippen molar-refractivity contribution in [3.05, 3.63) is 29.6 Å². The summed E-state index contributed by atoms with van der Waals surface area (Å²) in [6, 6.07) is 3.14. The number of phenolic OH excluding ortho intramolecular Hbond substituents is 1. The maximum Gasteiger partial charge on any atom is 0.212 e. The zero-order valence-corrected chi connectivity index (χ0v) is 12.8. The number of sulfonamides is 1. The van der Waals surface area contributed by atoms with Crippen LogP contribution >= 0.6 is 0 Å². The summed E-state index contributed by atoms with van der Waals surface area (Å²) in [4.78, 5) is 0. The lowest BCUT2D eigenvalue weighted by molar-refractivity contribution is -0.0298. The van der Waals surface area contributed by atoms with Crippen LogP contribution in [-0.2, 0) is 19.5 Å². The highest BCUT2D eigenvalue weighted by Crippen LogP contribution is 2.21. The molecule has 0 saturated carbocycles. The second-order valence-corrected chi connectivity index (χ2v) is 6.41. The van der Waals surface area contributed by atoms with E-state index in [1.165, 1.54) is 19.2 Å². The Hall–Kier alpha value is -1.22. The number of rotatable bonds is 9. The van der Waals surface area contributed by atoms with E-state index < -0.39 is 27.6 Å². The van der Waals surface area contributed by atoms with Crippen molar-refractivity contribution < 1.29 is 27.4 Å². The van der Waals surface area contributed by atoms with E-state index in [2.05, 4.69) is 9.46 Å². The molecule has 0 unspecified atom stereocenters. The van der Waals surface area contributed by atoms with Crippen LogP contribution in [0.15, 0.2) is 18.2 Å². The second-order valence-electron chi connectivity index (χ2n) is 4.54. The van der Waals surface area contributed by atoms with Gasteiger partial charge in [-0.05, 0) is 31.0 Å². The molecule has 120 valence electrons. The topological polar surface area (TPSA) is 84.9 Å². The average molecular weight is 321 g/mol. The number of ether oxygens (including phenoxy) is 2. The van der Waals surface area contributed by atoms with E-state index in [1.807, 2.05) is 0 Å². The van der Waals surface area contributed by atoms with Gasteiger partial charge in [0.2, 0.25) is 10.0 Å². The fourth-order valence-corrected chi connectivity index (χ4v) is 2.98. The summed E-state index contributed by atoms with van der Waals surface area (Å²) >= 11 is 0. The van der Waals surface area contributed by atoms with Crippen LogP contribution in [0.4, 0.5) is 4.39 Å². The molecule has 1 aromatic carbocycles. The van der Waals surface area contributed by atoms with E-state index in [0.717, 1.165) is 6.07 Å². The van der Waals surface area contributed by atoms with E-state index >= 15 is 0 Å². The molecular formula is C13H20FNO5S. The van der Waals surface area contributed by atoms with Crippen LogP contribution < -0.4 is 4.72 Å². The molecule has 0 amide bonds. The fraction of sp³-hybridized carbons (Fsp3) is 0.538. The summed E-state index contributed by atoms with van der Waals surface area (Å²) in [6.07, 6.45) is 0.333. The number of halogens is 1. The highest BCUT2D eigenvalue weighted by molar-refractivity contribution is 7.89. The summed E-state index contributed by atoms with van der Waals surface area (Å²) in [6.45, 7) is 2.02. The van der Waals surface area contributed by atoms with Crippen molar-refractivity contribution in [3.63, 3.8) is 0 Å². The van der Waals surface area contributed by atoms with Gasteiger partial charge in [-0.1, -0.05) is 6.07 Å². The van der Waals surface area contributed by atoms with E-state index in [9.17, 15) is 17.9 Å². The largest absolute Gasteiger partial charge is 0.505 e. The SMILES string of the molecule is COCOCCCS(=O)(=O)N[C@H](C)c1ccc(F)c(O)c1. The molecule has 0 heterocycles. The molecule has 0 fully saturated rings. The van der Waals surface area contributed by atoms with Crippen molar-refractivity contribution in [2.24, 2.45) is 0 Å². The summed E-state index contributed by atoms with van der Waals surface area (Å²) in [5.41, 5.74) is 0.480. The van der Waals surface area contributed by atoms with Gasteiger partial charge >= 0.3 is 0 Å². The Kier molecular flexibility index (Phi) is 7.03. The van der Waals surface area contributed by atoms with E-state index in [-0.39, 0.29) is 19.2 Å². The lowest BCUT2D eigenvalue weighted by atomic mass is 10.1. The Balaban J connectivity index is 2.51. The molecule has 0 radical (unpaired) electrons. The van der Waals surface area contributed by atoms with Crippen molar-refractivity contribution in [1.82, 2.24) is 4.72 Å². The smallest absolute Gasteiger partial charge is 0.212 e. The third kappa shape index (κ3) is 6.38. The molecule has 0 aromatic heterocycles. The van der Waals surface area contributed by atoms with Crippen LogP contribution in [0.2, 0.25) is 0 Å². The Morgan fingerprint density at radius 2 is 2.14 bits per heavy atom. The minimum absolute atomic E-state index is 0.0891. The Morgan fingerprint density at radius 3 is 2.76 bits per heavy atom. The van der Waals surface area contributed by atoms with Crippen LogP contribution in [0.3, 0.4) is 0 Å². The maximum absolute atomic E-state index is 13.0. The number of phenols is 1. The molecule has 0 aliphatic heterocycles. The number of hydrogen-bond donors (Lipinski definition) is 2. The predicted octanol–water partition coefficient (Wildman–Crippen LogP) is 1.52. The lowest BCUT2D eigenvalue weighted by Gasteiger charge is -2.15. The first-order valence-corrected chi connectivity index (χ1v) is 8.06. The van der Waals surface area contributed by atoms with Gasteiger partial charge in [0.1, 0.15) is 6.79 Å². The normalized spacial score (nSPS) is 13.3. The van der Waals surface area contributed by atoms with Gasteiger partial charge in [0.15, 0.2) is 11.6 Å². The first kappa shape index (κ1) is 17.8. The third-order valence-corrected chi connectivity index (χ3v) is 4.27. The summed E-state index contributed by atoms with van der Waals surface area (Å²) in [7, 11) is -2.00. The van der Waals surface area contributed by atoms with Crippen molar-refractivity contribution in [3.8, 4) is 5.75 Å². The minimum atomic E-state index is -3.49. The van der Waals surface area contributed by atoms with Gasteiger partial charge in [-0.15, -0.1) is 0 Å². The van der Waals surface area contributed by atoms with Gasteiger partial charge < -0.3 is 14.6 Å². The van der Waals surface area contributed by atoms with Gasteiger partial charge in [0.25, 0.3) is 0 Å². The molecule has 2 N–H and O–H groups in total. The molecule has 1 atom stereocenters. The minimum Gasteiger partial charge on any atom is -0.505 e. The molecule has 6 nitrogen and oxygen atoms in total. The molecule has 1 aromatic rings. The maximum atomic E-state index is 13.0. The standard InChI is InChI=1S/C13H20FNO5S/c1-10(11-4-5-12(14)13(16)8-11)15-21(17,18)7-3-6-20-9-19-2/h4-5,8,10,15-16H,3,6-7,9H2,1-2H3/t10-/m1/s1. The van der Waals surface area contributed by atoms with Crippen molar-refractivity contribution in [1.29, 1.82) is 0 Å². The summed E-state index contributed by atoms with van der Waals surface area (Å²) in [5.74, 6) is -1.34. The molecule has 0 saturated heterocycles. The van der Waals surface area contributed by atoms with Crippen LogP contribution in [0.25, 0.3) is 0 Å². The first-order valence-electron chi connectivity index (χ1n) is 6.41. The first-order chi connectivity index (χ1) is 9.85. The molecular weight excluding hydrogens is 301 g/mol. The Bertz CT molecular complexity index is 549. The zero-order valence-electron chi connectivity index (χ0n) is 12.0. The Labute approximate surface area is 123 Å². The van der Waals surface area contributed by atoms with Gasteiger partial charge in [0, 0.05) is 13.2 Å². The van der Waals surface area contributed by atoms with E-state index in [0.29, 0.717) is 12.0 Å². The zero-order chi connectivity index (χ0) is 15.9. The van der Waals surface area contributed by atoms with Gasteiger partial charge in [-0.2, -0.15) is 0 Å². The molecule has 0 aliphatic carbocycles. The molecule has 1 rings (SSSR count). The average Bonchev–Trinajstić information content (AvgIpc) is 2.41. The van der Waals surface area contributed by atoms with Crippen LogP contribution in [-0.4, -0.2) is 39.8 Å². The monoisotopic (exact) mass is 321 g/mol. The predicted molar refractivity (Wildman–Crippen MR) is 75.8 cm³/mol. The van der Waals surface area contributed by atoms with Gasteiger partial charge in [-0.3, -0.25) is 0 Å². The third-order valence-electron chi connectivity index (χ3n) is 2.73. The second kappa shape index (κ2) is 8.28. The number of hydrogen-bond acceptors (Lipinski definition) is 5. The summed E-state index contributed by atoms with van der Waals surface area (Å²) in [5, 5.41) is 9.29. The molecule has 21 heavy (non-hydrogen) atoms. The number of aromatic hydroxyl groups is 1. The van der Waals surface area contributed by atoms with Gasteiger partial charge in [0.05, 0.1) is 12.4 Å². The number of benzene rings is 1. The number of methoxy groups -OCH3 is 1.